The lowest BCUT2D eigenvalue weighted by Gasteiger charge is -2.51. The van der Waals surface area contributed by atoms with Gasteiger partial charge in [-0.2, -0.15) is 0 Å². The zero-order chi connectivity index (χ0) is 8.13. The molecule has 3 heteroatoms. The van der Waals surface area contributed by atoms with Gasteiger partial charge in [0.2, 0.25) is 0 Å². The Balaban J connectivity index is 1.95. The second kappa shape index (κ2) is 2.22. The number of piperidine rings is 3. The highest BCUT2D eigenvalue weighted by Crippen LogP contribution is 2.41. The van der Waals surface area contributed by atoms with Crippen molar-refractivity contribution in [1.29, 1.82) is 0 Å². The van der Waals surface area contributed by atoms with Gasteiger partial charge in [-0.05, 0) is 18.8 Å². The number of oxime groups is 1. The minimum absolute atomic E-state index is 0.584. The van der Waals surface area contributed by atoms with Crippen molar-refractivity contribution in [3.8, 4) is 0 Å². The van der Waals surface area contributed by atoms with Gasteiger partial charge in [0.25, 0.3) is 0 Å². The van der Waals surface area contributed by atoms with Crippen LogP contribution in [0.15, 0.2) is 5.16 Å². The van der Waals surface area contributed by atoms with Crippen LogP contribution in [0.5, 0.6) is 0 Å². The third kappa shape index (κ3) is 0.774. The normalized spacial score (nSPS) is 53.5. The first-order valence-corrected chi connectivity index (χ1v) is 4.81. The minimum Gasteiger partial charge on any atom is -0.411 e. The molecule has 4 fully saturated rings. The van der Waals surface area contributed by atoms with E-state index in [4.69, 9.17) is 5.21 Å². The highest BCUT2D eigenvalue weighted by atomic mass is 16.4. The first kappa shape index (κ1) is 6.89. The third-order valence-corrected chi connectivity index (χ3v) is 3.66. The summed E-state index contributed by atoms with van der Waals surface area (Å²) in [5, 5.41) is 12.3. The Labute approximate surface area is 72.0 Å². The topological polar surface area (TPSA) is 35.8 Å². The monoisotopic (exact) mass is 166 g/mol. The van der Waals surface area contributed by atoms with Crippen LogP contribution in [0.4, 0.5) is 0 Å². The van der Waals surface area contributed by atoms with E-state index >= 15 is 0 Å². The number of hydrogen-bond donors (Lipinski definition) is 1. The highest BCUT2D eigenvalue weighted by Gasteiger charge is 2.45. The van der Waals surface area contributed by atoms with Gasteiger partial charge in [-0.1, -0.05) is 5.16 Å². The molecule has 0 aromatic carbocycles. The molecule has 3 aliphatic heterocycles. The van der Waals surface area contributed by atoms with Crippen LogP contribution in [-0.4, -0.2) is 35.5 Å². The number of hydrogen-bond acceptors (Lipinski definition) is 3. The van der Waals surface area contributed by atoms with E-state index in [1.54, 1.807) is 0 Å². The molecule has 0 radical (unpaired) electrons. The van der Waals surface area contributed by atoms with E-state index in [1.807, 2.05) is 0 Å². The summed E-state index contributed by atoms with van der Waals surface area (Å²) < 4.78 is 0. The van der Waals surface area contributed by atoms with E-state index < -0.39 is 0 Å². The van der Waals surface area contributed by atoms with Crippen molar-refractivity contribution >= 4 is 5.71 Å². The first-order valence-electron chi connectivity index (χ1n) is 4.81. The molecule has 0 amide bonds. The third-order valence-electron chi connectivity index (χ3n) is 3.66. The van der Waals surface area contributed by atoms with Gasteiger partial charge >= 0.3 is 0 Å². The summed E-state index contributed by atoms with van der Waals surface area (Å²) in [6.45, 7) is 3.59. The molecule has 12 heavy (non-hydrogen) atoms. The maximum absolute atomic E-state index is 8.87. The van der Waals surface area contributed by atoms with E-state index in [-0.39, 0.29) is 0 Å². The van der Waals surface area contributed by atoms with Gasteiger partial charge in [0, 0.05) is 31.5 Å². The molecular weight excluding hydrogens is 152 g/mol. The maximum Gasteiger partial charge on any atom is 0.0658 e. The zero-order valence-corrected chi connectivity index (χ0v) is 7.11. The molecule has 0 spiro atoms. The van der Waals surface area contributed by atoms with Crippen LogP contribution in [0.25, 0.3) is 0 Å². The Bertz CT molecular complexity index is 207. The Morgan fingerprint density at radius 3 is 2.33 bits per heavy atom. The second-order valence-corrected chi connectivity index (χ2v) is 4.47. The van der Waals surface area contributed by atoms with E-state index in [2.05, 4.69) is 10.1 Å². The lowest BCUT2D eigenvalue weighted by molar-refractivity contribution is 0.0534. The zero-order valence-electron chi connectivity index (χ0n) is 7.11. The second-order valence-electron chi connectivity index (χ2n) is 4.47. The molecule has 4 bridgehead atoms. The van der Waals surface area contributed by atoms with Gasteiger partial charge < -0.3 is 10.1 Å². The SMILES string of the molecule is O/N=C1\[C@@H]2C[C@H]3C[C@H]1CN(C3)C2. The van der Waals surface area contributed by atoms with Gasteiger partial charge in [-0.3, -0.25) is 0 Å². The molecule has 3 nitrogen and oxygen atoms in total. The van der Waals surface area contributed by atoms with Crippen LogP contribution in [0, 0.1) is 17.8 Å². The largest absolute Gasteiger partial charge is 0.411 e. The van der Waals surface area contributed by atoms with E-state index in [9.17, 15) is 0 Å². The fraction of sp³-hybridized carbons (Fsp3) is 0.889. The van der Waals surface area contributed by atoms with Crippen molar-refractivity contribution in [3.05, 3.63) is 0 Å². The molecule has 1 N–H and O–H groups in total. The lowest BCUT2D eigenvalue weighted by atomic mass is 9.67. The van der Waals surface area contributed by atoms with Gasteiger partial charge in [-0.25, -0.2) is 0 Å². The fourth-order valence-corrected chi connectivity index (χ4v) is 3.34. The summed E-state index contributed by atoms with van der Waals surface area (Å²) in [5.41, 5.74) is 1.10. The van der Waals surface area contributed by atoms with Crippen molar-refractivity contribution in [1.82, 2.24) is 4.90 Å². The van der Waals surface area contributed by atoms with Crippen LogP contribution in [0.3, 0.4) is 0 Å². The van der Waals surface area contributed by atoms with Gasteiger partial charge in [0.1, 0.15) is 0 Å². The molecule has 4 rings (SSSR count). The molecule has 4 aliphatic rings. The summed E-state index contributed by atoms with van der Waals surface area (Å²) in [7, 11) is 0. The first-order chi connectivity index (χ1) is 5.86. The molecule has 3 saturated heterocycles. The summed E-state index contributed by atoms with van der Waals surface area (Å²) in [5.74, 6) is 2.07. The van der Waals surface area contributed by atoms with E-state index in [1.165, 1.54) is 19.4 Å². The van der Waals surface area contributed by atoms with Crippen molar-refractivity contribution in [2.45, 2.75) is 12.8 Å². The van der Waals surface area contributed by atoms with Crippen molar-refractivity contribution < 1.29 is 5.21 Å². The van der Waals surface area contributed by atoms with Gasteiger partial charge in [0.15, 0.2) is 0 Å². The Hall–Kier alpha value is -0.570. The summed E-state index contributed by atoms with van der Waals surface area (Å²) in [6, 6.07) is 0. The molecule has 4 atom stereocenters. The molecule has 3 heterocycles. The summed E-state index contributed by atoms with van der Waals surface area (Å²) in [6.07, 6.45) is 2.54. The average molecular weight is 166 g/mol. The van der Waals surface area contributed by atoms with Crippen molar-refractivity contribution in [2.24, 2.45) is 22.9 Å². The van der Waals surface area contributed by atoms with Crippen LogP contribution in [-0.2, 0) is 0 Å². The minimum atomic E-state index is 0.584. The predicted octanol–water partition coefficient (Wildman–Crippen LogP) is 0.788. The average Bonchev–Trinajstić information content (AvgIpc) is 2.02. The Morgan fingerprint density at radius 2 is 1.83 bits per heavy atom. The Kier molecular flexibility index (Phi) is 1.28. The molecular formula is C9H14N2O. The smallest absolute Gasteiger partial charge is 0.0658 e. The maximum atomic E-state index is 8.87. The standard InChI is InChI=1S/C9H14N2O/c12-10-9-7-1-6-2-8(9)5-11(3-6)4-7/h6-8,12H,1-5H2/b10-9-/t6-,7+,8-/m1/s1. The van der Waals surface area contributed by atoms with Crippen LogP contribution >= 0.6 is 0 Å². The molecule has 1 aliphatic carbocycles. The van der Waals surface area contributed by atoms with Gasteiger partial charge in [-0.15, -0.1) is 0 Å². The van der Waals surface area contributed by atoms with Crippen LogP contribution < -0.4 is 0 Å². The summed E-state index contributed by atoms with van der Waals surface area (Å²) in [4.78, 5) is 2.53. The van der Waals surface area contributed by atoms with Gasteiger partial charge in [0.05, 0.1) is 5.71 Å². The highest BCUT2D eigenvalue weighted by molar-refractivity contribution is 5.90. The van der Waals surface area contributed by atoms with Crippen LogP contribution in [0.2, 0.25) is 0 Å². The molecule has 1 unspecified atom stereocenters. The van der Waals surface area contributed by atoms with Crippen LogP contribution in [0.1, 0.15) is 12.8 Å². The quantitative estimate of drug-likeness (QED) is 0.426. The van der Waals surface area contributed by atoms with Crippen molar-refractivity contribution in [2.75, 3.05) is 19.6 Å². The van der Waals surface area contributed by atoms with E-state index in [0.29, 0.717) is 11.8 Å². The molecule has 0 aromatic rings. The fourth-order valence-electron chi connectivity index (χ4n) is 3.34. The molecule has 1 saturated carbocycles. The predicted molar refractivity (Wildman–Crippen MR) is 45.4 cm³/mol. The van der Waals surface area contributed by atoms with E-state index in [0.717, 1.165) is 24.7 Å². The molecule has 66 valence electrons. The lowest BCUT2D eigenvalue weighted by Crippen LogP contribution is -2.58. The number of nitrogens with zero attached hydrogens (tertiary/aromatic N) is 2. The number of rotatable bonds is 0. The molecule has 0 aromatic heterocycles. The van der Waals surface area contributed by atoms with Crippen molar-refractivity contribution in [3.63, 3.8) is 0 Å². The Morgan fingerprint density at radius 1 is 1.17 bits per heavy atom. The summed E-state index contributed by atoms with van der Waals surface area (Å²) >= 11 is 0.